The van der Waals surface area contributed by atoms with Gasteiger partial charge < -0.3 is 10.6 Å². The molecule has 0 fully saturated rings. The number of nitrogens with one attached hydrogen (secondary N) is 2. The Morgan fingerprint density at radius 1 is 1.25 bits per heavy atom. The van der Waals surface area contributed by atoms with Gasteiger partial charge in [-0.3, -0.25) is 0 Å². The second kappa shape index (κ2) is 7.56. The van der Waals surface area contributed by atoms with Gasteiger partial charge in [0, 0.05) is 12.6 Å². The molecule has 0 aliphatic rings. The first-order valence-corrected chi connectivity index (χ1v) is 5.12. The van der Waals surface area contributed by atoms with Gasteiger partial charge in [-0.05, 0) is 25.9 Å². The van der Waals surface area contributed by atoms with Gasteiger partial charge in [0.15, 0.2) is 0 Å². The van der Waals surface area contributed by atoms with Gasteiger partial charge in [0.25, 0.3) is 0 Å². The molecule has 0 rings (SSSR count). The molecule has 0 bridgehead atoms. The maximum atomic E-state index is 3.49. The fourth-order valence-corrected chi connectivity index (χ4v) is 1.43. The molecule has 2 heteroatoms. The fraction of sp³-hybridized carbons (Fsp3) is 1.00. The highest BCUT2D eigenvalue weighted by Crippen LogP contribution is 2.08. The summed E-state index contributed by atoms with van der Waals surface area (Å²) in [4.78, 5) is 0. The number of hydrogen-bond acceptors (Lipinski definition) is 2. The van der Waals surface area contributed by atoms with E-state index in [1.165, 1.54) is 12.8 Å². The van der Waals surface area contributed by atoms with E-state index in [0.29, 0.717) is 6.04 Å². The first kappa shape index (κ1) is 11.9. The van der Waals surface area contributed by atoms with Crippen LogP contribution in [0.2, 0.25) is 0 Å². The van der Waals surface area contributed by atoms with Crippen LogP contribution in [0.5, 0.6) is 0 Å². The molecule has 0 saturated carbocycles. The molecule has 0 spiro atoms. The zero-order chi connectivity index (χ0) is 9.40. The van der Waals surface area contributed by atoms with E-state index < -0.39 is 0 Å². The third-order valence-electron chi connectivity index (χ3n) is 2.33. The van der Waals surface area contributed by atoms with E-state index in [0.717, 1.165) is 19.0 Å². The van der Waals surface area contributed by atoms with Crippen molar-refractivity contribution in [1.29, 1.82) is 0 Å². The quantitative estimate of drug-likeness (QED) is 0.610. The Bertz CT molecular complexity index is 87.8. The minimum absolute atomic E-state index is 0.648. The molecule has 0 aliphatic carbocycles. The number of rotatable bonds is 7. The Morgan fingerprint density at radius 2 is 1.92 bits per heavy atom. The van der Waals surface area contributed by atoms with Crippen LogP contribution < -0.4 is 10.6 Å². The van der Waals surface area contributed by atoms with Crippen LogP contribution in [0.15, 0.2) is 0 Å². The van der Waals surface area contributed by atoms with Crippen LogP contribution in [0.1, 0.15) is 33.6 Å². The number of likely N-dealkylation sites (N-methyl/N-ethyl adjacent to an activating group) is 2. The van der Waals surface area contributed by atoms with Gasteiger partial charge in [0.05, 0.1) is 0 Å². The summed E-state index contributed by atoms with van der Waals surface area (Å²) in [5.41, 5.74) is 0. The van der Waals surface area contributed by atoms with Gasteiger partial charge in [0.1, 0.15) is 0 Å². The van der Waals surface area contributed by atoms with Gasteiger partial charge in [-0.15, -0.1) is 0 Å². The van der Waals surface area contributed by atoms with E-state index in [9.17, 15) is 0 Å². The molecule has 2 N–H and O–H groups in total. The molecule has 0 aromatic rings. The highest BCUT2D eigenvalue weighted by atomic mass is 15.0. The molecule has 12 heavy (non-hydrogen) atoms. The lowest BCUT2D eigenvalue weighted by atomic mass is 9.99. The predicted molar refractivity (Wildman–Crippen MR) is 55.5 cm³/mol. The molecule has 74 valence electrons. The van der Waals surface area contributed by atoms with Crippen LogP contribution in [-0.4, -0.2) is 26.2 Å². The summed E-state index contributed by atoms with van der Waals surface area (Å²) in [7, 11) is 2.01. The van der Waals surface area contributed by atoms with Gasteiger partial charge >= 0.3 is 0 Å². The average molecular weight is 172 g/mol. The van der Waals surface area contributed by atoms with Gasteiger partial charge in [0.2, 0.25) is 0 Å². The van der Waals surface area contributed by atoms with E-state index >= 15 is 0 Å². The maximum Gasteiger partial charge on any atom is 0.0194 e. The Kier molecular flexibility index (Phi) is 7.51. The van der Waals surface area contributed by atoms with Crippen molar-refractivity contribution in [2.75, 3.05) is 20.1 Å². The molecule has 0 radical (unpaired) electrons. The molecular formula is C10H24N2. The summed E-state index contributed by atoms with van der Waals surface area (Å²) in [6.45, 7) is 8.90. The van der Waals surface area contributed by atoms with Gasteiger partial charge in [-0.2, -0.15) is 0 Å². The molecule has 2 atom stereocenters. The van der Waals surface area contributed by atoms with Crippen molar-refractivity contribution in [3.63, 3.8) is 0 Å². The minimum atomic E-state index is 0.648. The number of hydrogen-bond donors (Lipinski definition) is 2. The highest BCUT2D eigenvalue weighted by molar-refractivity contribution is 4.70. The van der Waals surface area contributed by atoms with Crippen LogP contribution in [0.25, 0.3) is 0 Å². The van der Waals surface area contributed by atoms with Crippen LogP contribution in [0, 0.1) is 5.92 Å². The zero-order valence-corrected chi connectivity index (χ0v) is 8.98. The topological polar surface area (TPSA) is 24.1 Å². The molecule has 0 aromatic heterocycles. The predicted octanol–water partition coefficient (Wildman–Crippen LogP) is 1.62. The minimum Gasteiger partial charge on any atom is -0.318 e. The third kappa shape index (κ3) is 5.56. The molecule has 2 nitrogen and oxygen atoms in total. The smallest absolute Gasteiger partial charge is 0.0194 e. The van der Waals surface area contributed by atoms with Gasteiger partial charge in [-0.25, -0.2) is 0 Å². The second-order valence-electron chi connectivity index (χ2n) is 3.56. The van der Waals surface area contributed by atoms with E-state index in [1.54, 1.807) is 0 Å². The van der Waals surface area contributed by atoms with Gasteiger partial charge in [-0.1, -0.05) is 27.2 Å². The van der Waals surface area contributed by atoms with Crippen molar-refractivity contribution in [2.24, 2.45) is 5.92 Å². The summed E-state index contributed by atoms with van der Waals surface area (Å²) in [6, 6.07) is 0.648. The van der Waals surface area contributed by atoms with E-state index in [2.05, 4.69) is 31.4 Å². The van der Waals surface area contributed by atoms with Crippen molar-refractivity contribution < 1.29 is 0 Å². The van der Waals surface area contributed by atoms with E-state index in [1.807, 2.05) is 7.05 Å². The lowest BCUT2D eigenvalue weighted by Gasteiger charge is -2.20. The summed E-state index contributed by atoms with van der Waals surface area (Å²) in [6.07, 6.45) is 2.57. The molecule has 0 aromatic carbocycles. The van der Waals surface area contributed by atoms with Crippen LogP contribution in [0.4, 0.5) is 0 Å². The normalized spacial score (nSPS) is 16.0. The van der Waals surface area contributed by atoms with E-state index in [4.69, 9.17) is 0 Å². The van der Waals surface area contributed by atoms with Crippen molar-refractivity contribution in [3.8, 4) is 0 Å². The van der Waals surface area contributed by atoms with Crippen LogP contribution in [-0.2, 0) is 0 Å². The Morgan fingerprint density at radius 3 is 2.33 bits per heavy atom. The SMILES string of the molecule is CCNC(CNC)C[C@H](C)CC. The standard InChI is InChI=1S/C10H24N2/c1-5-9(3)7-10(8-11-4)12-6-2/h9-12H,5-8H2,1-4H3/t9-,10?/m1/s1. The van der Waals surface area contributed by atoms with Crippen molar-refractivity contribution in [3.05, 3.63) is 0 Å². The first-order chi connectivity index (χ1) is 5.74. The lowest BCUT2D eigenvalue weighted by molar-refractivity contribution is 0.390. The molecular weight excluding hydrogens is 148 g/mol. The molecule has 0 aliphatic heterocycles. The molecule has 0 amide bonds. The fourth-order valence-electron chi connectivity index (χ4n) is 1.43. The van der Waals surface area contributed by atoms with Crippen LogP contribution >= 0.6 is 0 Å². The summed E-state index contributed by atoms with van der Waals surface area (Å²) < 4.78 is 0. The molecule has 0 saturated heterocycles. The van der Waals surface area contributed by atoms with Crippen molar-refractivity contribution in [2.45, 2.75) is 39.7 Å². The Hall–Kier alpha value is -0.0800. The van der Waals surface area contributed by atoms with Crippen molar-refractivity contribution >= 4 is 0 Å². The monoisotopic (exact) mass is 172 g/mol. The molecule has 1 unspecified atom stereocenters. The lowest BCUT2D eigenvalue weighted by Crippen LogP contribution is -2.38. The maximum absolute atomic E-state index is 3.49. The third-order valence-corrected chi connectivity index (χ3v) is 2.33. The summed E-state index contributed by atoms with van der Waals surface area (Å²) in [5.74, 6) is 0.836. The van der Waals surface area contributed by atoms with Crippen molar-refractivity contribution in [1.82, 2.24) is 10.6 Å². The Balaban J connectivity index is 3.61. The zero-order valence-electron chi connectivity index (χ0n) is 8.98. The second-order valence-corrected chi connectivity index (χ2v) is 3.56. The largest absolute Gasteiger partial charge is 0.318 e. The summed E-state index contributed by atoms with van der Waals surface area (Å²) in [5, 5.41) is 6.71. The van der Waals surface area contributed by atoms with E-state index in [-0.39, 0.29) is 0 Å². The molecule has 0 heterocycles. The first-order valence-electron chi connectivity index (χ1n) is 5.12. The Labute approximate surface area is 77.1 Å². The average Bonchev–Trinajstić information content (AvgIpc) is 2.05. The summed E-state index contributed by atoms with van der Waals surface area (Å²) >= 11 is 0. The highest BCUT2D eigenvalue weighted by Gasteiger charge is 2.09. The van der Waals surface area contributed by atoms with Crippen LogP contribution in [0.3, 0.4) is 0 Å².